The Morgan fingerprint density at radius 1 is 1.04 bits per heavy atom. The topological polar surface area (TPSA) is 98.0 Å². The van der Waals surface area contributed by atoms with Crippen molar-refractivity contribution in [2.45, 2.75) is 12.5 Å². The number of benzene rings is 1. The smallest absolute Gasteiger partial charge is 0.406 e. The second-order valence-electron chi connectivity index (χ2n) is 3.98. The van der Waals surface area contributed by atoms with E-state index in [2.05, 4.69) is 20.0 Å². The van der Waals surface area contributed by atoms with Crippen LogP contribution in [0.2, 0.25) is 0 Å². The predicted octanol–water partition coefficient (Wildman–Crippen LogP) is 2.61. The van der Waals surface area contributed by atoms with Gasteiger partial charge in [0.15, 0.2) is 0 Å². The molecule has 13 heteroatoms. The minimum absolute atomic E-state index is 0. The highest BCUT2D eigenvalue weighted by Crippen LogP contribution is 2.23. The van der Waals surface area contributed by atoms with Crippen LogP contribution in [-0.4, -0.2) is 31.0 Å². The van der Waals surface area contributed by atoms with Crippen molar-refractivity contribution in [1.82, 2.24) is 0 Å². The third-order valence-electron chi connectivity index (χ3n) is 2.02. The fraction of sp³-hybridized carbons (Fsp3) is 0.273. The van der Waals surface area contributed by atoms with Gasteiger partial charge in [-0.25, -0.2) is 4.99 Å². The average Bonchev–Trinajstić information content (AvgIpc) is 2.36. The van der Waals surface area contributed by atoms with Crippen molar-refractivity contribution in [3.63, 3.8) is 0 Å². The lowest BCUT2D eigenvalue weighted by molar-refractivity contribution is -0.274. The molecule has 5 N–H and O–H groups in total. The Labute approximate surface area is 138 Å². The van der Waals surface area contributed by atoms with Gasteiger partial charge in [0.1, 0.15) is 12.3 Å². The number of guanidine groups is 2. The third kappa shape index (κ3) is 9.61. The summed E-state index contributed by atoms with van der Waals surface area (Å²) < 4.78 is 75.3. The third-order valence-corrected chi connectivity index (χ3v) is 2.02. The first kappa shape index (κ1) is 21.6. The molecule has 0 aliphatic heterocycles. The molecule has 0 spiro atoms. The van der Waals surface area contributed by atoms with Crippen molar-refractivity contribution >= 4 is 30.0 Å². The minimum atomic E-state index is -4.82. The maximum absolute atomic E-state index is 12.0. The van der Waals surface area contributed by atoms with Crippen molar-refractivity contribution in [3.05, 3.63) is 24.3 Å². The van der Waals surface area contributed by atoms with E-state index in [1.165, 1.54) is 12.1 Å². The number of nitrogens with zero attached hydrogens (tertiary/aromatic N) is 2. The van der Waals surface area contributed by atoms with Gasteiger partial charge < -0.3 is 21.5 Å². The molecule has 0 aromatic heterocycles. The summed E-state index contributed by atoms with van der Waals surface area (Å²) in [6.07, 6.45) is -9.35. The molecule has 0 bridgehead atoms. The van der Waals surface area contributed by atoms with E-state index in [4.69, 9.17) is 11.5 Å². The van der Waals surface area contributed by atoms with Crippen LogP contribution >= 0.6 is 12.4 Å². The molecule has 0 saturated carbocycles. The summed E-state index contributed by atoms with van der Waals surface area (Å²) in [5, 5.41) is 2.41. The SMILES string of the molecule is Cl.NC(=NCC(F)(F)F)N=C(N)Nc1ccc(OC(F)(F)F)cc1. The maximum Gasteiger partial charge on any atom is 0.573 e. The highest BCUT2D eigenvalue weighted by atomic mass is 35.5. The molecule has 1 aromatic rings. The summed E-state index contributed by atoms with van der Waals surface area (Å²) in [5.74, 6) is -1.55. The van der Waals surface area contributed by atoms with Crippen LogP contribution in [0.4, 0.5) is 32.0 Å². The zero-order valence-electron chi connectivity index (χ0n) is 11.6. The number of anilines is 1. The van der Waals surface area contributed by atoms with Crippen molar-refractivity contribution in [3.8, 4) is 5.75 Å². The van der Waals surface area contributed by atoms with E-state index in [9.17, 15) is 26.3 Å². The van der Waals surface area contributed by atoms with E-state index < -0.39 is 36.8 Å². The van der Waals surface area contributed by atoms with E-state index in [0.29, 0.717) is 0 Å². The predicted molar refractivity (Wildman–Crippen MR) is 78.2 cm³/mol. The van der Waals surface area contributed by atoms with Crippen LogP contribution < -0.4 is 21.5 Å². The number of nitrogens with two attached hydrogens (primary N) is 2. The monoisotopic (exact) mass is 379 g/mol. The molecule has 24 heavy (non-hydrogen) atoms. The molecule has 0 aliphatic rings. The Hall–Kier alpha value is -2.37. The number of nitrogens with one attached hydrogen (secondary N) is 1. The Balaban J connectivity index is 0.00000529. The second kappa shape index (κ2) is 8.47. The average molecular weight is 380 g/mol. The molecule has 0 heterocycles. The van der Waals surface area contributed by atoms with Gasteiger partial charge in [0.05, 0.1) is 0 Å². The van der Waals surface area contributed by atoms with Crippen molar-refractivity contribution in [2.75, 3.05) is 11.9 Å². The number of hydrogen-bond acceptors (Lipinski definition) is 2. The Morgan fingerprint density at radius 3 is 2.04 bits per heavy atom. The van der Waals surface area contributed by atoms with Crippen molar-refractivity contribution < 1.29 is 31.1 Å². The lowest BCUT2D eigenvalue weighted by Gasteiger charge is -2.10. The van der Waals surface area contributed by atoms with Gasteiger partial charge in [-0.1, -0.05) is 0 Å². The minimum Gasteiger partial charge on any atom is -0.406 e. The van der Waals surface area contributed by atoms with E-state index in [0.717, 1.165) is 12.1 Å². The fourth-order valence-corrected chi connectivity index (χ4v) is 1.25. The molecule has 0 radical (unpaired) electrons. The van der Waals surface area contributed by atoms with Crippen LogP contribution in [0.1, 0.15) is 0 Å². The highest BCUT2D eigenvalue weighted by molar-refractivity contribution is 6.00. The molecular weight excluding hydrogens is 368 g/mol. The molecule has 0 aliphatic carbocycles. The van der Waals surface area contributed by atoms with Gasteiger partial charge in [-0.15, -0.1) is 25.6 Å². The maximum atomic E-state index is 12.0. The fourth-order valence-electron chi connectivity index (χ4n) is 1.25. The zero-order valence-corrected chi connectivity index (χ0v) is 12.5. The van der Waals surface area contributed by atoms with Crippen molar-refractivity contribution in [2.24, 2.45) is 21.5 Å². The number of halogens is 7. The van der Waals surface area contributed by atoms with Crippen LogP contribution in [-0.2, 0) is 0 Å². The first-order chi connectivity index (χ1) is 10.4. The Morgan fingerprint density at radius 2 is 1.58 bits per heavy atom. The second-order valence-corrected chi connectivity index (χ2v) is 3.98. The summed E-state index contributed by atoms with van der Waals surface area (Å²) in [4.78, 5) is 6.31. The molecule has 0 atom stereocenters. The van der Waals surface area contributed by atoms with Crippen LogP contribution in [0.15, 0.2) is 34.3 Å². The van der Waals surface area contributed by atoms with Gasteiger partial charge in [0.2, 0.25) is 11.9 Å². The number of aliphatic imine (C=N–C) groups is 2. The van der Waals surface area contributed by atoms with Gasteiger partial charge in [-0.2, -0.15) is 18.2 Å². The summed E-state index contributed by atoms with van der Waals surface area (Å²) >= 11 is 0. The van der Waals surface area contributed by atoms with Crippen LogP contribution in [0.5, 0.6) is 5.75 Å². The molecule has 1 rings (SSSR count). The van der Waals surface area contributed by atoms with Crippen LogP contribution in [0.3, 0.4) is 0 Å². The normalized spacial score (nSPS) is 13.2. The molecule has 0 fully saturated rings. The van der Waals surface area contributed by atoms with Gasteiger partial charge in [0.25, 0.3) is 0 Å². The summed E-state index contributed by atoms with van der Waals surface area (Å²) in [6, 6.07) is 4.38. The highest BCUT2D eigenvalue weighted by Gasteiger charge is 2.31. The summed E-state index contributed by atoms with van der Waals surface area (Å²) in [6.45, 7) is -1.51. The number of ether oxygens (including phenoxy) is 1. The Bertz CT molecular complexity index is 584. The van der Waals surface area contributed by atoms with Crippen molar-refractivity contribution in [1.29, 1.82) is 0 Å². The lowest BCUT2D eigenvalue weighted by atomic mass is 10.3. The largest absolute Gasteiger partial charge is 0.573 e. The first-order valence-corrected chi connectivity index (χ1v) is 5.78. The number of rotatable bonds is 3. The van der Waals surface area contributed by atoms with E-state index in [1.807, 2.05) is 0 Å². The quantitative estimate of drug-likeness (QED) is 0.427. The van der Waals surface area contributed by atoms with Crippen LogP contribution in [0.25, 0.3) is 0 Å². The standard InChI is InChI=1S/C11H11F6N5O.ClH/c12-10(13,14)5-20-8(18)22-9(19)21-6-1-3-7(4-2-6)23-11(15,16)17;/h1-4H,5H2,(H5,18,19,20,21,22);1H. The van der Waals surface area contributed by atoms with Gasteiger partial charge >= 0.3 is 12.5 Å². The lowest BCUT2D eigenvalue weighted by Crippen LogP contribution is -2.27. The van der Waals surface area contributed by atoms with E-state index >= 15 is 0 Å². The van der Waals surface area contributed by atoms with Gasteiger partial charge in [-0.3, -0.25) is 0 Å². The number of hydrogen-bond donors (Lipinski definition) is 3. The number of alkyl halides is 6. The molecular formula is C11H12ClF6N5O. The molecule has 6 nitrogen and oxygen atoms in total. The molecule has 0 unspecified atom stereocenters. The summed E-state index contributed by atoms with van der Waals surface area (Å²) in [7, 11) is 0. The molecule has 0 saturated heterocycles. The molecule has 0 amide bonds. The first-order valence-electron chi connectivity index (χ1n) is 5.78. The zero-order chi connectivity index (χ0) is 17.7. The van der Waals surface area contributed by atoms with E-state index in [1.54, 1.807) is 0 Å². The van der Waals surface area contributed by atoms with Gasteiger partial charge in [-0.05, 0) is 24.3 Å². The molecule has 1 aromatic carbocycles. The summed E-state index contributed by atoms with van der Waals surface area (Å²) in [5.41, 5.74) is 10.7. The van der Waals surface area contributed by atoms with E-state index in [-0.39, 0.29) is 18.1 Å². The van der Waals surface area contributed by atoms with Crippen LogP contribution in [0, 0.1) is 0 Å². The Kier molecular flexibility index (Phi) is 7.64. The van der Waals surface area contributed by atoms with Gasteiger partial charge in [0, 0.05) is 5.69 Å². The molecule has 136 valence electrons.